The van der Waals surface area contributed by atoms with Crippen molar-refractivity contribution in [2.75, 3.05) is 5.32 Å². The lowest BCUT2D eigenvalue weighted by atomic mass is 10.0. The number of nitrogens with zero attached hydrogens (tertiary/aromatic N) is 1. The van der Waals surface area contributed by atoms with Gasteiger partial charge in [0, 0.05) is 5.38 Å². The van der Waals surface area contributed by atoms with Crippen LogP contribution in [-0.2, 0) is 6.42 Å². The first kappa shape index (κ1) is 11.5. The van der Waals surface area contributed by atoms with E-state index in [1.165, 1.54) is 0 Å². The van der Waals surface area contributed by atoms with Crippen LogP contribution in [0.3, 0.4) is 0 Å². The zero-order chi connectivity index (χ0) is 10.8. The minimum atomic E-state index is -0.724. The fourth-order valence-electron chi connectivity index (χ4n) is 0.897. The third-order valence-electron chi connectivity index (χ3n) is 2.31. The molecule has 2 N–H and O–H groups in total. The van der Waals surface area contributed by atoms with Crippen molar-refractivity contribution in [1.29, 1.82) is 0 Å². The smallest absolute Gasteiger partial charge is 0.183 e. The summed E-state index contributed by atoms with van der Waals surface area (Å²) >= 11 is 1.59. The first-order chi connectivity index (χ1) is 6.43. The maximum atomic E-state index is 9.73. The van der Waals surface area contributed by atoms with E-state index in [0.717, 1.165) is 17.2 Å². The lowest BCUT2D eigenvalue weighted by Gasteiger charge is -2.26. The van der Waals surface area contributed by atoms with E-state index in [1.54, 1.807) is 25.2 Å². The average molecular weight is 214 g/mol. The van der Waals surface area contributed by atoms with Gasteiger partial charge in [-0.2, -0.15) is 0 Å². The molecule has 1 heterocycles. The second-order valence-corrected chi connectivity index (χ2v) is 4.88. The molecule has 0 saturated carbocycles. The number of rotatable bonds is 4. The van der Waals surface area contributed by atoms with E-state index in [2.05, 4.69) is 17.2 Å². The van der Waals surface area contributed by atoms with Gasteiger partial charge in [-0.3, -0.25) is 0 Å². The van der Waals surface area contributed by atoms with E-state index in [0.29, 0.717) is 0 Å². The van der Waals surface area contributed by atoms with Gasteiger partial charge in [-0.1, -0.05) is 6.92 Å². The van der Waals surface area contributed by atoms with Gasteiger partial charge in [-0.15, -0.1) is 11.3 Å². The molecule has 3 nitrogen and oxygen atoms in total. The minimum Gasteiger partial charge on any atom is -0.388 e. The molecule has 1 aromatic heterocycles. The second kappa shape index (κ2) is 4.28. The quantitative estimate of drug-likeness (QED) is 0.808. The highest BCUT2D eigenvalue weighted by molar-refractivity contribution is 7.13. The van der Waals surface area contributed by atoms with Crippen molar-refractivity contribution < 1.29 is 5.11 Å². The van der Waals surface area contributed by atoms with Crippen LogP contribution in [-0.4, -0.2) is 21.7 Å². The first-order valence-electron chi connectivity index (χ1n) is 4.86. The summed E-state index contributed by atoms with van der Waals surface area (Å²) in [5.74, 6) is 0. The van der Waals surface area contributed by atoms with Gasteiger partial charge in [0.05, 0.1) is 17.3 Å². The average Bonchev–Trinajstić information content (AvgIpc) is 2.50. The predicted molar refractivity (Wildman–Crippen MR) is 60.9 cm³/mol. The maximum Gasteiger partial charge on any atom is 0.183 e. The summed E-state index contributed by atoms with van der Waals surface area (Å²) in [6.45, 7) is 7.61. The summed E-state index contributed by atoms with van der Waals surface area (Å²) in [5, 5.41) is 15.8. The van der Waals surface area contributed by atoms with E-state index in [1.807, 2.05) is 12.3 Å². The van der Waals surface area contributed by atoms with Gasteiger partial charge in [-0.05, 0) is 27.2 Å². The highest BCUT2D eigenvalue weighted by Crippen LogP contribution is 2.19. The Kier molecular flexibility index (Phi) is 3.50. The van der Waals surface area contributed by atoms with Gasteiger partial charge in [0.15, 0.2) is 5.13 Å². The molecule has 0 aliphatic carbocycles. The zero-order valence-corrected chi connectivity index (χ0v) is 9.98. The summed E-state index contributed by atoms with van der Waals surface area (Å²) in [6, 6.07) is -0.00152. The topological polar surface area (TPSA) is 45.1 Å². The van der Waals surface area contributed by atoms with Crippen LogP contribution in [0.5, 0.6) is 0 Å². The van der Waals surface area contributed by atoms with Crippen molar-refractivity contribution >= 4 is 16.5 Å². The second-order valence-electron chi connectivity index (χ2n) is 4.02. The Morgan fingerprint density at radius 2 is 2.29 bits per heavy atom. The first-order valence-corrected chi connectivity index (χ1v) is 5.74. The minimum absolute atomic E-state index is 0.00152. The van der Waals surface area contributed by atoms with Gasteiger partial charge in [0.25, 0.3) is 0 Å². The monoisotopic (exact) mass is 214 g/mol. The molecule has 0 radical (unpaired) electrons. The highest BCUT2D eigenvalue weighted by atomic mass is 32.1. The van der Waals surface area contributed by atoms with Gasteiger partial charge < -0.3 is 10.4 Å². The third kappa shape index (κ3) is 2.96. The molecule has 0 amide bonds. The molecule has 0 fully saturated rings. The van der Waals surface area contributed by atoms with Crippen molar-refractivity contribution in [3.63, 3.8) is 0 Å². The Morgan fingerprint density at radius 1 is 1.64 bits per heavy atom. The molecule has 1 unspecified atom stereocenters. The van der Waals surface area contributed by atoms with E-state index < -0.39 is 5.60 Å². The van der Waals surface area contributed by atoms with E-state index in [4.69, 9.17) is 0 Å². The van der Waals surface area contributed by atoms with Crippen molar-refractivity contribution in [2.24, 2.45) is 0 Å². The maximum absolute atomic E-state index is 9.73. The molecule has 80 valence electrons. The molecule has 0 saturated heterocycles. The Bertz CT molecular complexity index is 291. The van der Waals surface area contributed by atoms with Crippen LogP contribution in [0.25, 0.3) is 0 Å². The third-order valence-corrected chi connectivity index (χ3v) is 3.14. The summed E-state index contributed by atoms with van der Waals surface area (Å²) in [5.41, 5.74) is 0.373. The van der Waals surface area contributed by atoms with E-state index in [9.17, 15) is 5.11 Å². The van der Waals surface area contributed by atoms with Crippen molar-refractivity contribution in [3.8, 4) is 0 Å². The molecule has 1 rings (SSSR count). The molecule has 1 atom stereocenters. The number of hydrogen-bond donors (Lipinski definition) is 2. The van der Waals surface area contributed by atoms with E-state index >= 15 is 0 Å². The van der Waals surface area contributed by atoms with Crippen LogP contribution in [0.4, 0.5) is 5.13 Å². The number of nitrogens with one attached hydrogen (secondary N) is 1. The molecule has 1 aromatic rings. The van der Waals surface area contributed by atoms with Crippen LogP contribution in [0, 0.1) is 0 Å². The molecule has 0 aliphatic rings. The number of aryl methyl sites for hydroxylation is 1. The molecular formula is C10H18N2OS. The number of aliphatic hydroxyl groups is 1. The van der Waals surface area contributed by atoms with Crippen molar-refractivity contribution in [1.82, 2.24) is 4.98 Å². The van der Waals surface area contributed by atoms with Crippen LogP contribution in [0.1, 0.15) is 33.4 Å². The number of thiazole rings is 1. The van der Waals surface area contributed by atoms with Crippen LogP contribution < -0.4 is 5.32 Å². The summed E-state index contributed by atoms with van der Waals surface area (Å²) < 4.78 is 0. The van der Waals surface area contributed by atoms with Gasteiger partial charge in [-0.25, -0.2) is 4.98 Å². The van der Waals surface area contributed by atoms with Crippen LogP contribution >= 0.6 is 11.3 Å². The Morgan fingerprint density at radius 3 is 2.71 bits per heavy atom. The molecule has 14 heavy (non-hydrogen) atoms. The van der Waals surface area contributed by atoms with Gasteiger partial charge in [0.1, 0.15) is 0 Å². The zero-order valence-electron chi connectivity index (χ0n) is 9.16. The van der Waals surface area contributed by atoms with Crippen molar-refractivity contribution in [2.45, 2.75) is 45.8 Å². The fourth-order valence-corrected chi connectivity index (χ4v) is 1.78. The van der Waals surface area contributed by atoms with Crippen molar-refractivity contribution in [3.05, 3.63) is 11.1 Å². The number of anilines is 1. The lowest BCUT2D eigenvalue weighted by Crippen LogP contribution is -2.39. The normalized spacial score (nSPS) is 14.1. The predicted octanol–water partition coefficient (Wildman–Crippen LogP) is 2.28. The summed E-state index contributed by atoms with van der Waals surface area (Å²) in [7, 11) is 0. The standard InChI is InChI=1S/C10H18N2OS/c1-5-8-6-14-9(12-8)11-7(2)10(3,4)13/h6-7,13H,5H2,1-4H3,(H,11,12). The van der Waals surface area contributed by atoms with E-state index in [-0.39, 0.29) is 6.04 Å². The van der Waals surface area contributed by atoms with Gasteiger partial charge in [0.2, 0.25) is 0 Å². The molecule has 0 aliphatic heterocycles. The highest BCUT2D eigenvalue weighted by Gasteiger charge is 2.22. The number of aromatic nitrogens is 1. The Labute approximate surface area is 89.2 Å². The molecule has 0 aromatic carbocycles. The fraction of sp³-hybridized carbons (Fsp3) is 0.700. The Balaban J connectivity index is 2.60. The summed E-state index contributed by atoms with van der Waals surface area (Å²) in [4.78, 5) is 4.38. The lowest BCUT2D eigenvalue weighted by molar-refractivity contribution is 0.0649. The van der Waals surface area contributed by atoms with Crippen LogP contribution in [0.2, 0.25) is 0 Å². The molecule has 0 spiro atoms. The molecular weight excluding hydrogens is 196 g/mol. The van der Waals surface area contributed by atoms with Gasteiger partial charge >= 0.3 is 0 Å². The largest absolute Gasteiger partial charge is 0.388 e. The molecule has 0 bridgehead atoms. The Hall–Kier alpha value is -0.610. The number of hydrogen-bond acceptors (Lipinski definition) is 4. The molecule has 4 heteroatoms. The summed E-state index contributed by atoms with van der Waals surface area (Å²) in [6.07, 6.45) is 0.953. The van der Waals surface area contributed by atoms with Crippen LogP contribution in [0.15, 0.2) is 5.38 Å². The SMILES string of the molecule is CCc1csc(NC(C)C(C)(C)O)n1.